The molecule has 0 bridgehead atoms. The molecule has 0 aliphatic heterocycles. The highest BCUT2D eigenvalue weighted by atomic mass is 32.2. The molecular weight excluding hydrogens is 308 g/mol. The van der Waals surface area contributed by atoms with Crippen LogP contribution in [0.2, 0.25) is 0 Å². The number of halogens is 2. The van der Waals surface area contributed by atoms with Crippen molar-refractivity contribution in [1.29, 1.82) is 0 Å². The molecule has 0 amide bonds. The molecule has 6 heteroatoms. The van der Waals surface area contributed by atoms with E-state index in [1.54, 1.807) is 0 Å². The molecule has 22 heavy (non-hydrogen) atoms. The van der Waals surface area contributed by atoms with Crippen molar-refractivity contribution in [3.8, 4) is 0 Å². The third-order valence-corrected chi connectivity index (χ3v) is 5.33. The fourth-order valence-electron chi connectivity index (χ4n) is 2.23. The Kier molecular flexibility index (Phi) is 4.63. The summed E-state index contributed by atoms with van der Waals surface area (Å²) in [5.41, 5.74) is 2.77. The number of benzene rings is 2. The minimum atomic E-state index is -4.24. The van der Waals surface area contributed by atoms with Crippen LogP contribution in [0.5, 0.6) is 0 Å². The second-order valence-electron chi connectivity index (χ2n) is 5.24. The van der Waals surface area contributed by atoms with Gasteiger partial charge in [0.2, 0.25) is 10.0 Å². The molecule has 0 aliphatic carbocycles. The van der Waals surface area contributed by atoms with E-state index >= 15 is 0 Å². The number of sulfonamides is 1. The van der Waals surface area contributed by atoms with E-state index in [2.05, 4.69) is 0 Å². The summed E-state index contributed by atoms with van der Waals surface area (Å²) in [6.45, 7) is 3.85. The molecule has 0 aromatic heterocycles. The van der Waals surface area contributed by atoms with Crippen LogP contribution in [0.25, 0.3) is 0 Å². The lowest BCUT2D eigenvalue weighted by Gasteiger charge is -2.19. The van der Waals surface area contributed by atoms with Crippen LogP contribution in [0.3, 0.4) is 0 Å². The zero-order valence-corrected chi connectivity index (χ0v) is 13.4. The first-order valence-corrected chi connectivity index (χ1v) is 8.14. The average molecular weight is 325 g/mol. The number of hydrogen-bond donors (Lipinski definition) is 0. The second-order valence-corrected chi connectivity index (χ2v) is 7.22. The van der Waals surface area contributed by atoms with Gasteiger partial charge in [-0.2, -0.15) is 4.31 Å². The van der Waals surface area contributed by atoms with Crippen LogP contribution in [0, 0.1) is 25.5 Å². The minimum Gasteiger partial charge on any atom is -0.207 e. The van der Waals surface area contributed by atoms with Gasteiger partial charge in [0.1, 0.15) is 11.6 Å². The second kappa shape index (κ2) is 6.14. The Morgan fingerprint density at radius 2 is 1.64 bits per heavy atom. The van der Waals surface area contributed by atoms with Gasteiger partial charge >= 0.3 is 0 Å². The van der Waals surface area contributed by atoms with Crippen molar-refractivity contribution in [2.45, 2.75) is 25.3 Å². The molecule has 0 saturated heterocycles. The highest BCUT2D eigenvalue weighted by Gasteiger charge is 2.28. The van der Waals surface area contributed by atoms with E-state index in [1.807, 2.05) is 32.0 Å². The van der Waals surface area contributed by atoms with Crippen LogP contribution in [0.15, 0.2) is 41.3 Å². The third-order valence-electron chi connectivity index (χ3n) is 3.48. The van der Waals surface area contributed by atoms with Crippen LogP contribution in [-0.4, -0.2) is 19.8 Å². The van der Waals surface area contributed by atoms with E-state index in [1.165, 1.54) is 7.05 Å². The molecule has 3 nitrogen and oxygen atoms in total. The van der Waals surface area contributed by atoms with E-state index in [0.717, 1.165) is 39.2 Å². The summed E-state index contributed by atoms with van der Waals surface area (Å²) < 4.78 is 53.2. The number of hydrogen-bond acceptors (Lipinski definition) is 2. The third kappa shape index (κ3) is 3.18. The molecule has 0 atom stereocenters. The molecule has 2 rings (SSSR count). The number of rotatable bonds is 4. The van der Waals surface area contributed by atoms with Gasteiger partial charge in [0, 0.05) is 13.6 Å². The Bertz CT molecular complexity index is 784. The lowest BCUT2D eigenvalue weighted by atomic mass is 10.1. The van der Waals surface area contributed by atoms with Gasteiger partial charge in [0.25, 0.3) is 0 Å². The summed E-state index contributed by atoms with van der Waals surface area (Å²) in [6, 6.07) is 8.61. The van der Waals surface area contributed by atoms with Gasteiger partial charge in [0.15, 0.2) is 4.90 Å². The molecular formula is C16H17F2NO2S. The highest BCUT2D eigenvalue weighted by Crippen LogP contribution is 2.23. The fourth-order valence-corrected chi connectivity index (χ4v) is 3.48. The van der Waals surface area contributed by atoms with E-state index in [9.17, 15) is 17.2 Å². The normalized spacial score (nSPS) is 11.9. The predicted molar refractivity (Wildman–Crippen MR) is 80.9 cm³/mol. The largest absolute Gasteiger partial charge is 0.248 e. The Labute approximate surface area is 129 Å². The quantitative estimate of drug-likeness (QED) is 0.864. The first-order valence-electron chi connectivity index (χ1n) is 6.70. The summed E-state index contributed by atoms with van der Waals surface area (Å²) in [5.74, 6) is -2.18. The van der Waals surface area contributed by atoms with Crippen LogP contribution in [0.1, 0.15) is 16.7 Å². The predicted octanol–water partition coefficient (Wildman–Crippen LogP) is 3.40. The molecule has 0 N–H and O–H groups in total. The molecule has 0 aliphatic rings. The van der Waals surface area contributed by atoms with Gasteiger partial charge in [-0.25, -0.2) is 17.2 Å². The van der Waals surface area contributed by atoms with Crippen molar-refractivity contribution < 1.29 is 17.2 Å². The van der Waals surface area contributed by atoms with Gasteiger partial charge < -0.3 is 0 Å². The summed E-state index contributed by atoms with van der Waals surface area (Å²) in [6.07, 6.45) is 0. The Hall–Kier alpha value is -1.79. The van der Waals surface area contributed by atoms with Gasteiger partial charge in [-0.3, -0.25) is 0 Å². The summed E-state index contributed by atoms with van der Waals surface area (Å²) in [5, 5.41) is 0. The molecule has 0 saturated carbocycles. The lowest BCUT2D eigenvalue weighted by Crippen LogP contribution is -2.28. The van der Waals surface area contributed by atoms with E-state index < -0.39 is 26.6 Å². The molecule has 2 aromatic carbocycles. The standard InChI is InChI=1S/C16H17F2NO2S/c1-11-7-8-13(12(2)9-11)10-19(3)22(20,21)16-14(17)5-4-6-15(16)18/h4-9H,10H2,1-3H3. The van der Waals surface area contributed by atoms with Gasteiger partial charge in [-0.05, 0) is 37.1 Å². The molecule has 118 valence electrons. The van der Waals surface area contributed by atoms with E-state index in [-0.39, 0.29) is 6.54 Å². The summed E-state index contributed by atoms with van der Waals surface area (Å²) in [7, 11) is -2.94. The zero-order valence-electron chi connectivity index (χ0n) is 12.6. The number of aryl methyl sites for hydroxylation is 2. The fraction of sp³-hybridized carbons (Fsp3) is 0.250. The topological polar surface area (TPSA) is 37.4 Å². The van der Waals surface area contributed by atoms with Crippen molar-refractivity contribution in [3.63, 3.8) is 0 Å². The van der Waals surface area contributed by atoms with Crippen LogP contribution in [-0.2, 0) is 16.6 Å². The molecule has 0 radical (unpaired) electrons. The maximum Gasteiger partial charge on any atom is 0.248 e. The summed E-state index contributed by atoms with van der Waals surface area (Å²) in [4.78, 5) is -0.915. The zero-order chi connectivity index (χ0) is 16.5. The average Bonchev–Trinajstić information content (AvgIpc) is 2.41. The summed E-state index contributed by atoms with van der Waals surface area (Å²) >= 11 is 0. The van der Waals surface area contributed by atoms with Crippen LogP contribution in [0.4, 0.5) is 8.78 Å². The van der Waals surface area contributed by atoms with Gasteiger partial charge in [-0.15, -0.1) is 0 Å². The lowest BCUT2D eigenvalue weighted by molar-refractivity contribution is 0.447. The maximum atomic E-state index is 13.7. The highest BCUT2D eigenvalue weighted by molar-refractivity contribution is 7.89. The smallest absolute Gasteiger partial charge is 0.207 e. The molecule has 0 heterocycles. The SMILES string of the molecule is Cc1ccc(CN(C)S(=O)(=O)c2c(F)cccc2F)c(C)c1. The van der Waals surface area contributed by atoms with E-state index in [0.29, 0.717) is 0 Å². The monoisotopic (exact) mass is 325 g/mol. The molecule has 0 unspecified atom stereocenters. The Morgan fingerprint density at radius 3 is 2.18 bits per heavy atom. The molecule has 0 spiro atoms. The minimum absolute atomic E-state index is 0.0439. The Morgan fingerprint density at radius 1 is 1.05 bits per heavy atom. The van der Waals surface area contributed by atoms with E-state index in [4.69, 9.17) is 0 Å². The van der Waals surface area contributed by atoms with Gasteiger partial charge in [0.05, 0.1) is 0 Å². The van der Waals surface area contributed by atoms with Gasteiger partial charge in [-0.1, -0.05) is 29.8 Å². The molecule has 0 fully saturated rings. The first kappa shape index (κ1) is 16.6. The maximum absolute atomic E-state index is 13.7. The van der Waals surface area contributed by atoms with Crippen molar-refractivity contribution in [2.24, 2.45) is 0 Å². The van der Waals surface area contributed by atoms with Crippen molar-refractivity contribution in [2.75, 3.05) is 7.05 Å². The van der Waals surface area contributed by atoms with Crippen molar-refractivity contribution in [3.05, 3.63) is 64.7 Å². The van der Waals surface area contributed by atoms with Crippen molar-refractivity contribution in [1.82, 2.24) is 4.31 Å². The van der Waals surface area contributed by atoms with Crippen LogP contribution < -0.4 is 0 Å². The molecule has 2 aromatic rings. The first-order chi connectivity index (χ1) is 10.2. The van der Waals surface area contributed by atoms with Crippen molar-refractivity contribution >= 4 is 10.0 Å². The van der Waals surface area contributed by atoms with Crippen LogP contribution >= 0.6 is 0 Å². The Balaban J connectivity index is 2.37. The number of nitrogens with zero attached hydrogens (tertiary/aromatic N) is 1.